The largest absolute Gasteiger partial charge is 0.252 e. The normalized spacial score (nSPS) is 19.1. The van der Waals surface area contributed by atoms with Crippen LogP contribution in [0.25, 0.3) is 10.9 Å². The van der Waals surface area contributed by atoms with Gasteiger partial charge >= 0.3 is 0 Å². The lowest BCUT2D eigenvalue weighted by Gasteiger charge is -2.08. The Hall–Kier alpha value is -1.02. The first-order chi connectivity index (χ1) is 7.66. The van der Waals surface area contributed by atoms with Crippen LogP contribution in [0.15, 0.2) is 23.1 Å². The van der Waals surface area contributed by atoms with Crippen molar-refractivity contribution in [1.82, 2.24) is 4.98 Å². The Balaban J connectivity index is 2.41. The minimum atomic E-state index is 0.696. The van der Waals surface area contributed by atoms with Gasteiger partial charge in [0.05, 0.1) is 5.52 Å². The molecule has 0 amide bonds. The van der Waals surface area contributed by atoms with Crippen molar-refractivity contribution < 1.29 is 0 Å². The minimum absolute atomic E-state index is 0.696. The molecule has 0 saturated heterocycles. The molecular weight excluding hydrogens is 214 g/mol. The van der Waals surface area contributed by atoms with E-state index in [4.69, 9.17) is 4.98 Å². The van der Waals surface area contributed by atoms with Crippen LogP contribution >= 0.6 is 11.8 Å². The third kappa shape index (κ3) is 1.36. The van der Waals surface area contributed by atoms with Gasteiger partial charge in [-0.3, -0.25) is 4.98 Å². The fourth-order valence-corrected chi connectivity index (χ4v) is 3.78. The standard InChI is InChI=1S/C14H15NS/c1-8-5-4-6-11-13(8)15-10(3)12-7-9(2)16-14(11)12/h4-6,9H,7H2,1-3H3/t9-/m1/s1. The summed E-state index contributed by atoms with van der Waals surface area (Å²) in [5, 5.41) is 2.04. The molecule has 0 radical (unpaired) electrons. The summed E-state index contributed by atoms with van der Waals surface area (Å²) >= 11 is 2.00. The summed E-state index contributed by atoms with van der Waals surface area (Å²) in [6.45, 7) is 6.58. The van der Waals surface area contributed by atoms with E-state index in [2.05, 4.69) is 39.0 Å². The first-order valence-electron chi connectivity index (χ1n) is 5.72. The number of para-hydroxylation sites is 1. The molecule has 0 N–H and O–H groups in total. The third-order valence-corrected chi connectivity index (χ3v) is 4.55. The molecule has 16 heavy (non-hydrogen) atoms. The summed E-state index contributed by atoms with van der Waals surface area (Å²) in [5.41, 5.74) is 5.15. The number of aryl methyl sites for hydroxylation is 2. The number of thioether (sulfide) groups is 1. The first-order valence-corrected chi connectivity index (χ1v) is 6.60. The smallest absolute Gasteiger partial charge is 0.0745 e. The summed E-state index contributed by atoms with van der Waals surface area (Å²) in [7, 11) is 0. The summed E-state index contributed by atoms with van der Waals surface area (Å²) in [4.78, 5) is 6.24. The van der Waals surface area contributed by atoms with E-state index in [1.54, 1.807) is 0 Å². The van der Waals surface area contributed by atoms with Crippen LogP contribution in [0, 0.1) is 13.8 Å². The second-order valence-corrected chi connectivity index (χ2v) is 6.06. The molecule has 1 aliphatic heterocycles. The molecule has 1 nitrogen and oxygen atoms in total. The number of benzene rings is 1. The highest BCUT2D eigenvalue weighted by Crippen LogP contribution is 2.42. The number of hydrogen-bond acceptors (Lipinski definition) is 2. The van der Waals surface area contributed by atoms with Crippen LogP contribution in [0.3, 0.4) is 0 Å². The molecule has 2 aromatic rings. The van der Waals surface area contributed by atoms with Crippen molar-refractivity contribution in [2.75, 3.05) is 0 Å². The molecule has 1 aromatic heterocycles. The summed E-state index contributed by atoms with van der Waals surface area (Å²) in [6.07, 6.45) is 1.17. The molecule has 0 aliphatic carbocycles. The van der Waals surface area contributed by atoms with Crippen molar-refractivity contribution in [3.05, 3.63) is 35.0 Å². The molecule has 1 aromatic carbocycles. The second-order valence-electron chi connectivity index (χ2n) is 4.61. The highest BCUT2D eigenvalue weighted by Gasteiger charge is 2.23. The van der Waals surface area contributed by atoms with Gasteiger partial charge in [0.1, 0.15) is 0 Å². The van der Waals surface area contributed by atoms with Crippen LogP contribution in [0.5, 0.6) is 0 Å². The highest BCUT2D eigenvalue weighted by molar-refractivity contribution is 8.00. The molecule has 2 heterocycles. The number of rotatable bonds is 0. The lowest BCUT2D eigenvalue weighted by atomic mass is 10.0. The Morgan fingerprint density at radius 2 is 2.12 bits per heavy atom. The maximum Gasteiger partial charge on any atom is 0.0745 e. The summed E-state index contributed by atoms with van der Waals surface area (Å²) in [5.74, 6) is 0. The number of pyridine rings is 1. The van der Waals surface area contributed by atoms with Crippen LogP contribution in [0.1, 0.15) is 23.7 Å². The molecule has 2 heteroatoms. The molecule has 0 bridgehead atoms. The average Bonchev–Trinajstić information content (AvgIpc) is 2.63. The van der Waals surface area contributed by atoms with Gasteiger partial charge in [-0.2, -0.15) is 0 Å². The van der Waals surface area contributed by atoms with E-state index >= 15 is 0 Å². The first kappa shape index (κ1) is 10.2. The summed E-state index contributed by atoms with van der Waals surface area (Å²) in [6, 6.07) is 6.49. The zero-order valence-electron chi connectivity index (χ0n) is 9.87. The fourth-order valence-electron chi connectivity index (χ4n) is 2.46. The van der Waals surface area contributed by atoms with E-state index in [0.29, 0.717) is 5.25 Å². The van der Waals surface area contributed by atoms with E-state index in [9.17, 15) is 0 Å². The maximum atomic E-state index is 4.77. The van der Waals surface area contributed by atoms with Crippen molar-refractivity contribution in [3.8, 4) is 0 Å². The van der Waals surface area contributed by atoms with Crippen LogP contribution in [-0.4, -0.2) is 10.2 Å². The van der Waals surface area contributed by atoms with E-state index in [-0.39, 0.29) is 0 Å². The molecular formula is C14H15NS. The molecule has 0 saturated carbocycles. The molecule has 3 rings (SSSR count). The van der Waals surface area contributed by atoms with Gasteiger partial charge in [0.2, 0.25) is 0 Å². The molecule has 0 fully saturated rings. The van der Waals surface area contributed by atoms with Crippen LogP contribution in [0.2, 0.25) is 0 Å². The quantitative estimate of drug-likeness (QED) is 0.679. The van der Waals surface area contributed by atoms with Gasteiger partial charge in [-0.1, -0.05) is 25.1 Å². The average molecular weight is 229 g/mol. The fraction of sp³-hybridized carbons (Fsp3) is 0.357. The van der Waals surface area contributed by atoms with E-state index < -0.39 is 0 Å². The Morgan fingerprint density at radius 3 is 2.94 bits per heavy atom. The zero-order valence-corrected chi connectivity index (χ0v) is 10.7. The van der Waals surface area contributed by atoms with Gasteiger partial charge in [0.25, 0.3) is 0 Å². The topological polar surface area (TPSA) is 12.9 Å². The lowest BCUT2D eigenvalue weighted by Crippen LogP contribution is -1.96. The molecule has 0 spiro atoms. The van der Waals surface area contributed by atoms with E-state index in [0.717, 1.165) is 0 Å². The molecule has 1 atom stereocenters. The highest BCUT2D eigenvalue weighted by atomic mass is 32.2. The zero-order chi connectivity index (χ0) is 11.3. The molecule has 82 valence electrons. The second kappa shape index (κ2) is 3.49. The maximum absolute atomic E-state index is 4.77. The predicted octanol–water partition coefficient (Wildman–Crippen LogP) is 3.89. The Kier molecular flexibility index (Phi) is 2.21. The third-order valence-electron chi connectivity index (χ3n) is 3.28. The monoisotopic (exact) mass is 229 g/mol. The SMILES string of the molecule is Cc1nc2c(C)cccc2c2c1C[C@@H](C)S2. The van der Waals surface area contributed by atoms with Crippen molar-refractivity contribution in [3.63, 3.8) is 0 Å². The molecule has 0 unspecified atom stereocenters. The predicted molar refractivity (Wildman–Crippen MR) is 70.2 cm³/mol. The van der Waals surface area contributed by atoms with E-state index in [1.165, 1.54) is 39.0 Å². The molecule has 1 aliphatic rings. The van der Waals surface area contributed by atoms with Gasteiger partial charge in [0, 0.05) is 21.2 Å². The van der Waals surface area contributed by atoms with Crippen molar-refractivity contribution in [2.45, 2.75) is 37.3 Å². The van der Waals surface area contributed by atoms with Gasteiger partial charge in [-0.05, 0) is 31.4 Å². The van der Waals surface area contributed by atoms with Crippen molar-refractivity contribution in [1.29, 1.82) is 0 Å². The van der Waals surface area contributed by atoms with Gasteiger partial charge in [-0.25, -0.2) is 0 Å². The van der Waals surface area contributed by atoms with E-state index in [1.807, 2.05) is 11.8 Å². The Bertz CT molecular complexity index is 574. The number of hydrogen-bond donors (Lipinski definition) is 0. The van der Waals surface area contributed by atoms with Gasteiger partial charge in [-0.15, -0.1) is 11.8 Å². The van der Waals surface area contributed by atoms with Gasteiger partial charge in [0.15, 0.2) is 0 Å². The Morgan fingerprint density at radius 1 is 1.31 bits per heavy atom. The van der Waals surface area contributed by atoms with Gasteiger partial charge < -0.3 is 0 Å². The van der Waals surface area contributed by atoms with Crippen molar-refractivity contribution in [2.24, 2.45) is 0 Å². The summed E-state index contributed by atoms with van der Waals surface area (Å²) < 4.78 is 0. The van der Waals surface area contributed by atoms with Crippen LogP contribution in [0.4, 0.5) is 0 Å². The Labute approximate surface area is 100 Å². The van der Waals surface area contributed by atoms with Crippen molar-refractivity contribution >= 4 is 22.7 Å². The lowest BCUT2D eigenvalue weighted by molar-refractivity contribution is 0.936. The number of nitrogens with zero attached hydrogens (tertiary/aromatic N) is 1. The van der Waals surface area contributed by atoms with Crippen LogP contribution < -0.4 is 0 Å². The van der Waals surface area contributed by atoms with Crippen LogP contribution in [-0.2, 0) is 6.42 Å². The minimum Gasteiger partial charge on any atom is -0.252 e. The number of aromatic nitrogens is 1. The number of fused-ring (bicyclic) bond motifs is 3.